The minimum atomic E-state index is -0.639. The third kappa shape index (κ3) is 2.42. The minimum absolute atomic E-state index is 0.337. The van der Waals surface area contributed by atoms with Crippen LogP contribution in [0.25, 0.3) is 0 Å². The third-order valence-electron chi connectivity index (χ3n) is 3.92. The van der Waals surface area contributed by atoms with Gasteiger partial charge in [-0.25, -0.2) is 0 Å². The van der Waals surface area contributed by atoms with Crippen molar-refractivity contribution in [3.8, 4) is 0 Å². The zero-order valence-corrected chi connectivity index (χ0v) is 9.41. The van der Waals surface area contributed by atoms with Crippen LogP contribution in [0.1, 0.15) is 45.4 Å². The molecule has 84 valence electrons. The normalized spacial score (nSPS) is 35.5. The van der Waals surface area contributed by atoms with E-state index in [1.807, 2.05) is 0 Å². The highest BCUT2D eigenvalue weighted by atomic mass is 16.4. The number of rotatable bonds is 2. The van der Waals surface area contributed by atoms with Crippen molar-refractivity contribution < 1.29 is 9.90 Å². The van der Waals surface area contributed by atoms with Crippen LogP contribution >= 0.6 is 0 Å². The van der Waals surface area contributed by atoms with Gasteiger partial charge >= 0.3 is 5.97 Å². The fourth-order valence-corrected chi connectivity index (χ4v) is 3.17. The van der Waals surface area contributed by atoms with Crippen LogP contribution < -0.4 is 0 Å². The first-order valence-corrected chi connectivity index (χ1v) is 6.10. The maximum atomic E-state index is 10.8. The molecule has 2 rings (SSSR count). The van der Waals surface area contributed by atoms with E-state index in [0.717, 1.165) is 6.42 Å². The van der Waals surface area contributed by atoms with Crippen LogP contribution in [0.15, 0.2) is 11.6 Å². The predicted octanol–water partition coefficient (Wildman–Crippen LogP) is 3.23. The van der Waals surface area contributed by atoms with Crippen LogP contribution in [0.2, 0.25) is 0 Å². The first-order valence-electron chi connectivity index (χ1n) is 6.10. The van der Waals surface area contributed by atoms with E-state index >= 15 is 0 Å². The predicted molar refractivity (Wildman–Crippen MR) is 59.6 cm³/mol. The van der Waals surface area contributed by atoms with E-state index in [1.165, 1.54) is 31.3 Å². The molecule has 0 amide bonds. The molecule has 0 bridgehead atoms. The summed E-state index contributed by atoms with van der Waals surface area (Å²) in [5, 5.41) is 8.89. The Labute approximate surface area is 91.4 Å². The van der Waals surface area contributed by atoms with Gasteiger partial charge in [0.1, 0.15) is 0 Å². The number of hydrogen-bond donors (Lipinski definition) is 1. The fourth-order valence-electron chi connectivity index (χ4n) is 3.17. The summed E-state index contributed by atoms with van der Waals surface area (Å²) >= 11 is 0. The largest absolute Gasteiger partial charge is 0.481 e. The molecule has 0 aromatic rings. The Morgan fingerprint density at radius 2 is 2.20 bits per heavy atom. The summed E-state index contributed by atoms with van der Waals surface area (Å²) in [6.07, 6.45) is 8.86. The fraction of sp³-hybridized carbons (Fsp3) is 0.769. The van der Waals surface area contributed by atoms with Crippen molar-refractivity contribution in [2.24, 2.45) is 17.8 Å². The molecule has 0 spiro atoms. The minimum Gasteiger partial charge on any atom is -0.481 e. The van der Waals surface area contributed by atoms with Crippen molar-refractivity contribution in [2.75, 3.05) is 0 Å². The molecule has 1 saturated carbocycles. The molecular formula is C13H20O2. The van der Waals surface area contributed by atoms with Crippen molar-refractivity contribution in [2.45, 2.75) is 45.4 Å². The van der Waals surface area contributed by atoms with Gasteiger partial charge in [-0.15, -0.1) is 0 Å². The highest BCUT2D eigenvalue weighted by Crippen LogP contribution is 2.42. The van der Waals surface area contributed by atoms with Crippen LogP contribution in [-0.2, 0) is 4.79 Å². The Balaban J connectivity index is 2.13. The highest BCUT2D eigenvalue weighted by molar-refractivity contribution is 5.67. The maximum absolute atomic E-state index is 10.8. The molecule has 1 N–H and O–H groups in total. The maximum Gasteiger partial charge on any atom is 0.303 e. The molecule has 1 fully saturated rings. The van der Waals surface area contributed by atoms with E-state index in [2.05, 4.69) is 13.0 Å². The molecule has 0 aliphatic heterocycles. The van der Waals surface area contributed by atoms with Gasteiger partial charge < -0.3 is 5.11 Å². The summed E-state index contributed by atoms with van der Waals surface area (Å²) in [4.78, 5) is 10.8. The number of fused-ring (bicyclic) bond motifs is 1. The van der Waals surface area contributed by atoms with Crippen molar-refractivity contribution in [3.05, 3.63) is 11.6 Å². The SMILES string of the molecule is CC1C=C2C(CC(=O)O)CCC[C@@H]2CC1. The Morgan fingerprint density at radius 1 is 1.40 bits per heavy atom. The lowest BCUT2D eigenvalue weighted by atomic mass is 9.69. The van der Waals surface area contributed by atoms with E-state index in [0.29, 0.717) is 24.2 Å². The lowest BCUT2D eigenvalue weighted by Crippen LogP contribution is -2.25. The lowest BCUT2D eigenvalue weighted by molar-refractivity contribution is -0.138. The van der Waals surface area contributed by atoms with Gasteiger partial charge in [0.05, 0.1) is 6.42 Å². The van der Waals surface area contributed by atoms with Crippen LogP contribution in [0.5, 0.6) is 0 Å². The van der Waals surface area contributed by atoms with Crippen molar-refractivity contribution in [1.29, 1.82) is 0 Å². The molecule has 2 nitrogen and oxygen atoms in total. The number of aliphatic carboxylic acids is 1. The van der Waals surface area contributed by atoms with Crippen molar-refractivity contribution in [1.82, 2.24) is 0 Å². The van der Waals surface area contributed by atoms with Gasteiger partial charge in [-0.3, -0.25) is 4.79 Å². The van der Waals surface area contributed by atoms with Gasteiger partial charge in [0.2, 0.25) is 0 Å². The standard InChI is InChI=1S/C13H20O2/c1-9-5-6-10-3-2-4-11(8-13(14)15)12(10)7-9/h7,9-11H,2-6,8H2,1H3,(H,14,15)/t9?,10-,11?/m1/s1. The average molecular weight is 208 g/mol. The van der Waals surface area contributed by atoms with E-state index < -0.39 is 5.97 Å². The van der Waals surface area contributed by atoms with Gasteiger partial charge in [-0.05, 0) is 43.4 Å². The summed E-state index contributed by atoms with van der Waals surface area (Å²) in [5.74, 6) is 1.06. The van der Waals surface area contributed by atoms with E-state index in [1.54, 1.807) is 0 Å². The lowest BCUT2D eigenvalue weighted by Gasteiger charge is -2.36. The average Bonchev–Trinajstić information content (AvgIpc) is 2.18. The topological polar surface area (TPSA) is 37.3 Å². The van der Waals surface area contributed by atoms with Crippen molar-refractivity contribution in [3.63, 3.8) is 0 Å². The Kier molecular flexibility index (Phi) is 3.13. The molecule has 15 heavy (non-hydrogen) atoms. The molecule has 0 saturated heterocycles. The summed E-state index contributed by atoms with van der Waals surface area (Å²) in [5.41, 5.74) is 1.47. The second kappa shape index (κ2) is 4.38. The Bertz CT molecular complexity index is 280. The number of hydrogen-bond acceptors (Lipinski definition) is 1. The molecule has 0 aromatic carbocycles. The van der Waals surface area contributed by atoms with Crippen molar-refractivity contribution >= 4 is 5.97 Å². The molecule has 2 heteroatoms. The van der Waals surface area contributed by atoms with Gasteiger partial charge in [-0.1, -0.05) is 25.0 Å². The molecular weight excluding hydrogens is 188 g/mol. The molecule has 2 unspecified atom stereocenters. The molecule has 0 aromatic heterocycles. The number of carbonyl (C=O) groups is 1. The summed E-state index contributed by atoms with van der Waals surface area (Å²) in [7, 11) is 0. The Morgan fingerprint density at radius 3 is 2.93 bits per heavy atom. The van der Waals surface area contributed by atoms with Crippen LogP contribution in [0, 0.1) is 17.8 Å². The Hall–Kier alpha value is -0.790. The summed E-state index contributed by atoms with van der Waals surface area (Å²) in [6.45, 7) is 2.25. The first-order chi connectivity index (χ1) is 7.16. The number of allylic oxidation sites excluding steroid dienone is 2. The highest BCUT2D eigenvalue weighted by Gasteiger charge is 2.31. The monoisotopic (exact) mass is 208 g/mol. The number of carboxylic acids is 1. The molecule has 0 heterocycles. The van der Waals surface area contributed by atoms with Gasteiger partial charge in [0.15, 0.2) is 0 Å². The third-order valence-corrected chi connectivity index (χ3v) is 3.92. The van der Waals surface area contributed by atoms with Gasteiger partial charge in [0, 0.05) is 0 Å². The second-order valence-corrected chi connectivity index (χ2v) is 5.14. The zero-order valence-electron chi connectivity index (χ0n) is 9.41. The first kappa shape index (κ1) is 10.7. The summed E-state index contributed by atoms with van der Waals surface area (Å²) < 4.78 is 0. The van der Waals surface area contributed by atoms with E-state index in [4.69, 9.17) is 5.11 Å². The van der Waals surface area contributed by atoms with Crippen LogP contribution in [0.3, 0.4) is 0 Å². The second-order valence-electron chi connectivity index (χ2n) is 5.14. The molecule has 3 atom stereocenters. The van der Waals surface area contributed by atoms with Crippen LogP contribution in [0.4, 0.5) is 0 Å². The number of carboxylic acid groups (broad SMARTS) is 1. The zero-order chi connectivity index (χ0) is 10.8. The summed E-state index contributed by atoms with van der Waals surface area (Å²) in [6, 6.07) is 0. The smallest absolute Gasteiger partial charge is 0.303 e. The molecule has 2 aliphatic carbocycles. The van der Waals surface area contributed by atoms with E-state index in [-0.39, 0.29) is 0 Å². The quantitative estimate of drug-likeness (QED) is 0.707. The van der Waals surface area contributed by atoms with Crippen LogP contribution in [-0.4, -0.2) is 11.1 Å². The van der Waals surface area contributed by atoms with Gasteiger partial charge in [-0.2, -0.15) is 0 Å². The molecule has 0 radical (unpaired) electrons. The van der Waals surface area contributed by atoms with E-state index in [9.17, 15) is 4.79 Å². The van der Waals surface area contributed by atoms with Gasteiger partial charge in [0.25, 0.3) is 0 Å². The molecule has 2 aliphatic rings.